The van der Waals surface area contributed by atoms with Gasteiger partial charge >= 0.3 is 0 Å². The van der Waals surface area contributed by atoms with E-state index in [2.05, 4.69) is 21.5 Å². The fourth-order valence-electron chi connectivity index (χ4n) is 1.36. The van der Waals surface area contributed by atoms with E-state index in [9.17, 15) is 4.79 Å². The summed E-state index contributed by atoms with van der Waals surface area (Å²) in [5, 5.41) is 2.86. The van der Waals surface area contributed by atoms with Gasteiger partial charge in [0.1, 0.15) is 12.0 Å². The standard InChI is InChI=1S/C11H18N3O/c1-8(2)13-11(15)6-4-5-10-7-12-9(3)14-10/h8H,4-6H2,1-3H3,(H,12,14)(H,13,15). The molecule has 0 aliphatic rings. The lowest BCUT2D eigenvalue weighted by atomic mass is 10.2. The maximum Gasteiger partial charge on any atom is 0.220 e. The van der Waals surface area contributed by atoms with Crippen molar-refractivity contribution in [2.75, 3.05) is 0 Å². The summed E-state index contributed by atoms with van der Waals surface area (Å²) in [7, 11) is 0. The summed E-state index contributed by atoms with van der Waals surface area (Å²) in [6, 6.07) is 0.221. The molecule has 0 bridgehead atoms. The number of hydrogen-bond acceptors (Lipinski definition) is 2. The minimum atomic E-state index is 0.112. The van der Waals surface area contributed by atoms with Crippen LogP contribution in [0.5, 0.6) is 0 Å². The highest BCUT2D eigenvalue weighted by atomic mass is 16.1. The van der Waals surface area contributed by atoms with Crippen LogP contribution in [0.4, 0.5) is 0 Å². The van der Waals surface area contributed by atoms with Crippen LogP contribution in [0.1, 0.15) is 38.2 Å². The third kappa shape index (κ3) is 4.63. The van der Waals surface area contributed by atoms with Gasteiger partial charge in [-0.1, -0.05) is 0 Å². The maximum absolute atomic E-state index is 11.3. The van der Waals surface area contributed by atoms with Crippen LogP contribution < -0.4 is 5.32 Å². The molecule has 0 saturated heterocycles. The van der Waals surface area contributed by atoms with Crippen LogP contribution in [0.25, 0.3) is 0 Å². The Morgan fingerprint density at radius 3 is 2.87 bits per heavy atom. The lowest BCUT2D eigenvalue weighted by Crippen LogP contribution is -2.29. The Bertz CT molecular complexity index is 317. The van der Waals surface area contributed by atoms with Crippen molar-refractivity contribution in [1.82, 2.24) is 15.3 Å². The van der Waals surface area contributed by atoms with E-state index in [0.717, 1.165) is 24.4 Å². The third-order valence-corrected chi connectivity index (χ3v) is 1.97. The summed E-state index contributed by atoms with van der Waals surface area (Å²) in [6.07, 6.45) is 5.10. The Labute approximate surface area is 90.5 Å². The van der Waals surface area contributed by atoms with Gasteiger partial charge in [0, 0.05) is 18.2 Å². The molecule has 0 aliphatic heterocycles. The van der Waals surface area contributed by atoms with Crippen molar-refractivity contribution in [1.29, 1.82) is 0 Å². The molecule has 4 nitrogen and oxygen atoms in total. The second-order valence-corrected chi connectivity index (χ2v) is 3.99. The summed E-state index contributed by atoms with van der Waals surface area (Å²) >= 11 is 0. The highest BCUT2D eigenvalue weighted by molar-refractivity contribution is 5.76. The number of hydrogen-bond donors (Lipinski definition) is 2. The molecule has 0 spiro atoms. The van der Waals surface area contributed by atoms with Crippen LogP contribution >= 0.6 is 0 Å². The van der Waals surface area contributed by atoms with Crippen molar-refractivity contribution in [2.24, 2.45) is 0 Å². The van der Waals surface area contributed by atoms with Crippen molar-refractivity contribution in [3.63, 3.8) is 0 Å². The quantitative estimate of drug-likeness (QED) is 0.767. The number of rotatable bonds is 5. The molecular weight excluding hydrogens is 190 g/mol. The molecule has 83 valence electrons. The van der Waals surface area contributed by atoms with Gasteiger partial charge in [0.25, 0.3) is 0 Å². The first-order valence-corrected chi connectivity index (χ1v) is 5.30. The zero-order chi connectivity index (χ0) is 11.3. The van der Waals surface area contributed by atoms with Crippen LogP contribution in [-0.2, 0) is 11.2 Å². The van der Waals surface area contributed by atoms with Crippen LogP contribution in [0, 0.1) is 13.1 Å². The molecule has 0 unspecified atom stereocenters. The van der Waals surface area contributed by atoms with Crippen molar-refractivity contribution < 1.29 is 4.79 Å². The number of imidazole rings is 1. The first-order valence-electron chi connectivity index (χ1n) is 5.30. The fourth-order valence-corrected chi connectivity index (χ4v) is 1.36. The summed E-state index contributed by atoms with van der Waals surface area (Å²) in [5.41, 5.74) is 0.977. The zero-order valence-corrected chi connectivity index (χ0v) is 9.55. The molecule has 1 radical (unpaired) electrons. The van der Waals surface area contributed by atoms with E-state index in [0.29, 0.717) is 6.42 Å². The van der Waals surface area contributed by atoms with Gasteiger partial charge in [-0.25, -0.2) is 4.98 Å². The largest absolute Gasteiger partial charge is 0.354 e. The topological polar surface area (TPSA) is 57.8 Å². The van der Waals surface area contributed by atoms with Gasteiger partial charge in [-0.3, -0.25) is 4.79 Å². The van der Waals surface area contributed by atoms with Crippen LogP contribution in [0.2, 0.25) is 0 Å². The Hall–Kier alpha value is -1.32. The summed E-state index contributed by atoms with van der Waals surface area (Å²) in [6.45, 7) is 5.82. The number of H-pyrrole nitrogens is 1. The van der Waals surface area contributed by atoms with E-state index in [1.54, 1.807) is 0 Å². The number of nitrogens with zero attached hydrogens (tertiary/aromatic N) is 1. The molecule has 1 amide bonds. The van der Waals surface area contributed by atoms with Gasteiger partial charge in [0.2, 0.25) is 5.91 Å². The number of aryl methyl sites for hydroxylation is 2. The number of aromatic nitrogens is 2. The molecule has 1 heterocycles. The average Bonchev–Trinajstić information content (AvgIpc) is 2.50. The van der Waals surface area contributed by atoms with Gasteiger partial charge in [-0.05, 0) is 33.6 Å². The Morgan fingerprint density at radius 1 is 1.60 bits per heavy atom. The van der Waals surface area contributed by atoms with Gasteiger partial charge in [-0.15, -0.1) is 0 Å². The van der Waals surface area contributed by atoms with Crippen LogP contribution in [0.3, 0.4) is 0 Å². The monoisotopic (exact) mass is 208 g/mol. The molecule has 0 saturated carbocycles. The molecule has 15 heavy (non-hydrogen) atoms. The second-order valence-electron chi connectivity index (χ2n) is 3.99. The van der Waals surface area contributed by atoms with Crippen LogP contribution in [-0.4, -0.2) is 21.9 Å². The summed E-state index contributed by atoms with van der Waals surface area (Å²) < 4.78 is 0. The lowest BCUT2D eigenvalue weighted by Gasteiger charge is -2.07. The van der Waals surface area contributed by atoms with E-state index >= 15 is 0 Å². The van der Waals surface area contributed by atoms with Gasteiger partial charge < -0.3 is 10.3 Å². The Kier molecular flexibility index (Phi) is 4.34. The van der Waals surface area contributed by atoms with Crippen molar-refractivity contribution in [3.05, 3.63) is 17.7 Å². The molecule has 4 heteroatoms. The number of nitrogens with one attached hydrogen (secondary N) is 2. The van der Waals surface area contributed by atoms with E-state index in [1.165, 1.54) is 0 Å². The molecule has 2 N–H and O–H groups in total. The second kappa shape index (κ2) is 5.53. The number of amides is 1. The summed E-state index contributed by atoms with van der Waals surface area (Å²) in [5.74, 6) is 0.984. The predicted octanol–water partition coefficient (Wildman–Crippen LogP) is 1.37. The maximum atomic E-state index is 11.3. The molecule has 1 aromatic heterocycles. The normalized spacial score (nSPS) is 10.7. The molecule has 1 aromatic rings. The minimum Gasteiger partial charge on any atom is -0.354 e. The number of carbonyl (C=O) groups is 1. The Morgan fingerprint density at radius 2 is 2.33 bits per heavy atom. The molecule has 0 atom stereocenters. The molecule has 0 fully saturated rings. The Balaban J connectivity index is 2.19. The van der Waals surface area contributed by atoms with E-state index in [4.69, 9.17) is 0 Å². The van der Waals surface area contributed by atoms with E-state index in [1.807, 2.05) is 20.8 Å². The third-order valence-electron chi connectivity index (χ3n) is 1.97. The molecule has 0 aliphatic carbocycles. The highest BCUT2D eigenvalue weighted by Gasteiger charge is 2.04. The van der Waals surface area contributed by atoms with Gasteiger partial charge in [0.05, 0.1) is 0 Å². The number of carbonyl (C=O) groups excluding carboxylic acids is 1. The molecular formula is C11H18N3O. The van der Waals surface area contributed by atoms with Crippen molar-refractivity contribution >= 4 is 5.91 Å². The van der Waals surface area contributed by atoms with E-state index in [-0.39, 0.29) is 11.9 Å². The van der Waals surface area contributed by atoms with Gasteiger partial charge in [0.15, 0.2) is 0 Å². The SMILES string of the molecule is Cc1n[c]c(CCCC(=O)NC(C)C)[nH]1. The smallest absolute Gasteiger partial charge is 0.220 e. The van der Waals surface area contributed by atoms with E-state index < -0.39 is 0 Å². The summed E-state index contributed by atoms with van der Waals surface area (Å²) in [4.78, 5) is 18.4. The molecule has 0 aromatic carbocycles. The fraction of sp³-hybridized carbons (Fsp3) is 0.636. The van der Waals surface area contributed by atoms with Crippen molar-refractivity contribution in [3.8, 4) is 0 Å². The first-order chi connectivity index (χ1) is 7.08. The first kappa shape index (κ1) is 11.8. The molecule has 1 rings (SSSR count). The average molecular weight is 208 g/mol. The number of aromatic amines is 1. The predicted molar refractivity (Wildman–Crippen MR) is 58.4 cm³/mol. The van der Waals surface area contributed by atoms with Gasteiger partial charge in [-0.2, -0.15) is 0 Å². The van der Waals surface area contributed by atoms with Crippen LogP contribution in [0.15, 0.2) is 0 Å². The van der Waals surface area contributed by atoms with Crippen molar-refractivity contribution in [2.45, 2.75) is 46.1 Å². The minimum absolute atomic E-state index is 0.112. The highest BCUT2D eigenvalue weighted by Crippen LogP contribution is 2.01. The zero-order valence-electron chi connectivity index (χ0n) is 9.55. The lowest BCUT2D eigenvalue weighted by molar-refractivity contribution is -0.121.